The Morgan fingerprint density at radius 1 is 1.00 bits per heavy atom. The number of methoxy groups -OCH3 is 1. The fourth-order valence-electron chi connectivity index (χ4n) is 6.53. The zero-order valence-corrected chi connectivity index (χ0v) is 28.4. The van der Waals surface area contributed by atoms with Crippen molar-refractivity contribution in [2.75, 3.05) is 33.4 Å². The molecule has 2 aliphatic rings. The maximum atomic E-state index is 13.5. The van der Waals surface area contributed by atoms with Crippen LogP contribution in [0.1, 0.15) is 34.9 Å². The lowest BCUT2D eigenvalue weighted by atomic mass is 9.90. The average Bonchev–Trinajstić information content (AvgIpc) is 3.74. The van der Waals surface area contributed by atoms with E-state index in [1.165, 1.54) is 45.8 Å². The smallest absolute Gasteiger partial charge is 0.286 e. The van der Waals surface area contributed by atoms with Crippen LogP contribution in [0.2, 0.25) is 0 Å². The number of hydrogen-bond donors (Lipinski definition) is 3. The minimum absolute atomic E-state index is 0.0276. The van der Waals surface area contributed by atoms with Crippen molar-refractivity contribution in [1.82, 2.24) is 19.6 Å². The van der Waals surface area contributed by atoms with Gasteiger partial charge in [-0.2, -0.15) is 4.31 Å². The lowest BCUT2D eigenvalue weighted by Gasteiger charge is -2.30. The number of hydrogen-bond acceptors (Lipinski definition) is 8. The molecular weight excluding hydrogens is 657 g/mol. The molecule has 5 aromatic rings. The Bertz CT molecular complexity index is 2110. The molecular formula is C38H38N4O7S. The molecule has 1 aliphatic carbocycles. The molecule has 1 aliphatic heterocycles. The molecule has 0 saturated carbocycles. The molecule has 50 heavy (non-hydrogen) atoms. The number of aromatic amines is 1. The van der Waals surface area contributed by atoms with Gasteiger partial charge in [0.2, 0.25) is 16.3 Å². The number of fused-ring (bicyclic) bond motifs is 4. The third-order valence-corrected chi connectivity index (χ3v) is 11.0. The third-order valence-electron chi connectivity index (χ3n) is 9.07. The van der Waals surface area contributed by atoms with Gasteiger partial charge in [-0.05, 0) is 76.7 Å². The lowest BCUT2D eigenvalue weighted by Crippen LogP contribution is -2.38. The van der Waals surface area contributed by atoms with Crippen LogP contribution in [0.25, 0.3) is 22.2 Å². The van der Waals surface area contributed by atoms with E-state index in [2.05, 4.69) is 51.7 Å². The van der Waals surface area contributed by atoms with Gasteiger partial charge in [-0.1, -0.05) is 54.6 Å². The molecule has 0 saturated heterocycles. The molecule has 2 heterocycles. The third kappa shape index (κ3) is 7.01. The summed E-state index contributed by atoms with van der Waals surface area (Å²) in [5.41, 5.74) is 7.66. The van der Waals surface area contributed by atoms with Crippen LogP contribution in [0.15, 0.2) is 108 Å². The van der Waals surface area contributed by atoms with Gasteiger partial charge in [0.15, 0.2) is 5.76 Å². The standard InChI is InChI=1S/C38H38N4O7S/c1-47-29-11-13-30(14-12-29)50(45,46)42(16-18-43)17-19-48-37-23-27(25-10-15-32-28(20-25)21-26-6-2-3-7-31(26)32)22-35(49-37)38(44)39-24-36-40-33-8-4-5-9-34(33)41-36/h2-15,20,22,27,37,43H,16-19,21,23-24H2,1H3,(H,39,44)(H,40,41)/t27-,37+/m1/s1. The number of H-pyrrole nitrogens is 1. The van der Waals surface area contributed by atoms with Crippen LogP contribution in [0, 0.1) is 0 Å². The predicted molar refractivity (Wildman–Crippen MR) is 188 cm³/mol. The topological polar surface area (TPSA) is 143 Å². The molecule has 1 amide bonds. The molecule has 0 fully saturated rings. The van der Waals surface area contributed by atoms with Crippen LogP contribution in [0.3, 0.4) is 0 Å². The monoisotopic (exact) mass is 694 g/mol. The number of aliphatic hydroxyl groups is 1. The van der Waals surface area contributed by atoms with Gasteiger partial charge in [0.05, 0.1) is 42.8 Å². The van der Waals surface area contributed by atoms with Crippen molar-refractivity contribution in [2.24, 2.45) is 0 Å². The fraction of sp³-hybridized carbons (Fsp3) is 0.263. The van der Waals surface area contributed by atoms with Crippen molar-refractivity contribution in [2.45, 2.75) is 36.5 Å². The van der Waals surface area contributed by atoms with Crippen molar-refractivity contribution in [3.8, 4) is 16.9 Å². The number of ether oxygens (including phenoxy) is 3. The van der Waals surface area contributed by atoms with Gasteiger partial charge in [-0.25, -0.2) is 13.4 Å². The quantitative estimate of drug-likeness (QED) is 0.155. The molecule has 258 valence electrons. The molecule has 0 unspecified atom stereocenters. The number of carbonyl (C=O) groups excluding carboxylic acids is 1. The number of allylic oxidation sites excluding steroid dienone is 1. The molecule has 1 aromatic heterocycles. The van der Waals surface area contributed by atoms with E-state index in [0.717, 1.165) is 23.0 Å². The average molecular weight is 695 g/mol. The second kappa shape index (κ2) is 14.5. The minimum atomic E-state index is -3.93. The van der Waals surface area contributed by atoms with Gasteiger partial charge in [0.25, 0.3) is 5.91 Å². The molecule has 2 atom stereocenters. The van der Waals surface area contributed by atoms with Gasteiger partial charge in [0.1, 0.15) is 11.6 Å². The zero-order valence-electron chi connectivity index (χ0n) is 27.5. The number of imidazole rings is 1. The highest BCUT2D eigenvalue weighted by Gasteiger charge is 2.31. The number of amides is 1. The second-order valence-electron chi connectivity index (χ2n) is 12.2. The number of nitrogens with zero attached hydrogens (tertiary/aromatic N) is 2. The van der Waals surface area contributed by atoms with Crippen LogP contribution in [0.5, 0.6) is 5.75 Å². The highest BCUT2D eigenvalue weighted by atomic mass is 32.2. The van der Waals surface area contributed by atoms with Gasteiger partial charge < -0.3 is 29.6 Å². The summed E-state index contributed by atoms with van der Waals surface area (Å²) in [6.07, 6.45) is 2.24. The zero-order chi connectivity index (χ0) is 34.7. The minimum Gasteiger partial charge on any atom is -0.497 e. The first kappa shape index (κ1) is 33.5. The molecule has 0 radical (unpaired) electrons. The number of sulfonamides is 1. The number of carbonyl (C=O) groups is 1. The Morgan fingerprint density at radius 3 is 2.58 bits per heavy atom. The molecule has 12 heteroatoms. The van der Waals surface area contributed by atoms with E-state index in [9.17, 15) is 18.3 Å². The van der Waals surface area contributed by atoms with Crippen molar-refractivity contribution in [1.29, 1.82) is 0 Å². The van der Waals surface area contributed by atoms with E-state index in [4.69, 9.17) is 14.2 Å². The number of aliphatic hydroxyl groups excluding tert-OH is 1. The maximum absolute atomic E-state index is 13.5. The number of nitrogens with one attached hydrogen (secondary N) is 2. The number of para-hydroxylation sites is 2. The Kier molecular flexibility index (Phi) is 9.68. The summed E-state index contributed by atoms with van der Waals surface area (Å²) >= 11 is 0. The normalized spacial score (nSPS) is 16.8. The van der Waals surface area contributed by atoms with Crippen LogP contribution in [-0.4, -0.2) is 73.4 Å². The van der Waals surface area contributed by atoms with Gasteiger partial charge in [0, 0.05) is 25.4 Å². The fourth-order valence-corrected chi connectivity index (χ4v) is 7.95. The number of aromatic nitrogens is 2. The molecule has 0 bridgehead atoms. The summed E-state index contributed by atoms with van der Waals surface area (Å²) < 4.78 is 45.4. The van der Waals surface area contributed by atoms with E-state index in [0.29, 0.717) is 18.0 Å². The summed E-state index contributed by atoms with van der Waals surface area (Å²) in [6, 6.07) is 28.5. The Labute approximate surface area is 290 Å². The first-order chi connectivity index (χ1) is 24.3. The Balaban J connectivity index is 1.08. The van der Waals surface area contributed by atoms with Crippen molar-refractivity contribution < 1.29 is 32.5 Å². The van der Waals surface area contributed by atoms with Crippen LogP contribution < -0.4 is 10.1 Å². The molecule has 7 rings (SSSR count). The Morgan fingerprint density at radius 2 is 1.78 bits per heavy atom. The van der Waals surface area contributed by atoms with E-state index in [-0.39, 0.29) is 49.4 Å². The maximum Gasteiger partial charge on any atom is 0.286 e. The summed E-state index contributed by atoms with van der Waals surface area (Å²) in [4.78, 5) is 21.4. The van der Waals surface area contributed by atoms with Gasteiger partial charge in [-0.3, -0.25) is 4.79 Å². The lowest BCUT2D eigenvalue weighted by molar-refractivity contribution is -0.146. The second-order valence-corrected chi connectivity index (χ2v) is 14.2. The highest BCUT2D eigenvalue weighted by molar-refractivity contribution is 7.89. The van der Waals surface area contributed by atoms with Crippen molar-refractivity contribution in [3.63, 3.8) is 0 Å². The van der Waals surface area contributed by atoms with E-state index < -0.39 is 22.2 Å². The Hall–Kier alpha value is -5.01. The van der Waals surface area contributed by atoms with Gasteiger partial charge in [-0.15, -0.1) is 0 Å². The molecule has 11 nitrogen and oxygen atoms in total. The van der Waals surface area contributed by atoms with Crippen molar-refractivity contribution in [3.05, 3.63) is 125 Å². The molecule has 0 spiro atoms. The van der Waals surface area contributed by atoms with Gasteiger partial charge >= 0.3 is 0 Å². The molecule has 4 aromatic carbocycles. The first-order valence-electron chi connectivity index (χ1n) is 16.5. The van der Waals surface area contributed by atoms with Crippen LogP contribution in [0.4, 0.5) is 0 Å². The molecule has 3 N–H and O–H groups in total. The van der Waals surface area contributed by atoms with E-state index in [1.807, 2.05) is 36.4 Å². The highest BCUT2D eigenvalue weighted by Crippen LogP contribution is 2.40. The van der Waals surface area contributed by atoms with Crippen LogP contribution in [-0.2, 0) is 37.3 Å². The van der Waals surface area contributed by atoms with E-state index in [1.54, 1.807) is 12.1 Å². The van der Waals surface area contributed by atoms with Crippen molar-refractivity contribution >= 4 is 27.0 Å². The number of benzene rings is 4. The largest absolute Gasteiger partial charge is 0.497 e. The SMILES string of the molecule is COc1ccc(S(=O)(=O)N(CCO)CCO[C@@H]2C[C@H](c3ccc4c(c3)Cc3ccccc3-4)C=C(C(=O)NCc3nc4ccccc4[nH]3)O2)cc1. The first-order valence-corrected chi connectivity index (χ1v) is 17.9. The van der Waals surface area contributed by atoms with E-state index >= 15 is 0 Å². The summed E-state index contributed by atoms with van der Waals surface area (Å²) in [5.74, 6) is 0.640. The summed E-state index contributed by atoms with van der Waals surface area (Å²) in [7, 11) is -2.42. The predicted octanol–water partition coefficient (Wildman–Crippen LogP) is 4.87. The summed E-state index contributed by atoms with van der Waals surface area (Å²) in [5, 5.41) is 12.6. The number of rotatable bonds is 13. The summed E-state index contributed by atoms with van der Waals surface area (Å²) in [6.45, 7) is -0.370. The van der Waals surface area contributed by atoms with Crippen LogP contribution >= 0.6 is 0 Å².